The Morgan fingerprint density at radius 2 is 1.87 bits per heavy atom. The van der Waals surface area contributed by atoms with Crippen molar-refractivity contribution in [2.24, 2.45) is 0 Å². The van der Waals surface area contributed by atoms with Gasteiger partial charge in [0.05, 0.1) is 6.61 Å². The molecular formula is C24H31N3O2S. The summed E-state index contributed by atoms with van der Waals surface area (Å²) in [5.41, 5.74) is 2.67. The Hall–Kier alpha value is -2.44. The lowest BCUT2D eigenvalue weighted by Gasteiger charge is -2.26. The maximum absolute atomic E-state index is 12.5. The van der Waals surface area contributed by atoms with E-state index in [1.807, 2.05) is 24.3 Å². The van der Waals surface area contributed by atoms with Gasteiger partial charge in [0.1, 0.15) is 5.75 Å². The summed E-state index contributed by atoms with van der Waals surface area (Å²) in [7, 11) is 0. The Kier molecular flexibility index (Phi) is 8.66. The van der Waals surface area contributed by atoms with Gasteiger partial charge in [-0.3, -0.25) is 15.0 Å². The van der Waals surface area contributed by atoms with Crippen LogP contribution >= 0.6 is 12.2 Å². The molecule has 0 aliphatic carbocycles. The normalized spacial score (nSPS) is 14.2. The average molecular weight is 426 g/mol. The number of hydrogen-bond donors (Lipinski definition) is 2. The first kappa shape index (κ1) is 22.2. The molecule has 1 aliphatic heterocycles. The summed E-state index contributed by atoms with van der Waals surface area (Å²) in [5.74, 6) is 0.439. The van der Waals surface area contributed by atoms with Gasteiger partial charge in [-0.2, -0.15) is 0 Å². The summed E-state index contributed by atoms with van der Waals surface area (Å²) in [5, 5.41) is 6.10. The van der Waals surface area contributed by atoms with E-state index in [4.69, 9.17) is 17.0 Å². The van der Waals surface area contributed by atoms with Crippen molar-refractivity contribution in [1.29, 1.82) is 0 Å². The van der Waals surface area contributed by atoms with Crippen molar-refractivity contribution in [1.82, 2.24) is 10.2 Å². The lowest BCUT2D eigenvalue weighted by atomic mass is 10.1. The summed E-state index contributed by atoms with van der Waals surface area (Å²) >= 11 is 5.31. The largest absolute Gasteiger partial charge is 0.494 e. The van der Waals surface area contributed by atoms with Gasteiger partial charge in [0.15, 0.2) is 5.11 Å². The zero-order valence-corrected chi connectivity index (χ0v) is 18.5. The Balaban J connectivity index is 1.48. The molecule has 1 aliphatic rings. The number of carbonyl (C=O) groups excluding carboxylic acids is 1. The van der Waals surface area contributed by atoms with Crippen molar-refractivity contribution in [3.8, 4) is 5.75 Å². The molecule has 1 amide bonds. The number of nitrogens with one attached hydrogen (secondary N) is 2. The zero-order chi connectivity index (χ0) is 21.2. The quantitative estimate of drug-likeness (QED) is 0.462. The molecule has 0 spiro atoms. The summed E-state index contributed by atoms with van der Waals surface area (Å²) in [6, 6.07) is 15.4. The lowest BCUT2D eigenvalue weighted by molar-refractivity contribution is 0.0977. The fourth-order valence-corrected chi connectivity index (χ4v) is 3.68. The summed E-state index contributed by atoms with van der Waals surface area (Å²) in [4.78, 5) is 15.0. The highest BCUT2D eigenvalue weighted by Crippen LogP contribution is 2.16. The number of anilines is 1. The van der Waals surface area contributed by atoms with E-state index in [9.17, 15) is 4.79 Å². The van der Waals surface area contributed by atoms with Crippen molar-refractivity contribution in [3.63, 3.8) is 0 Å². The monoisotopic (exact) mass is 425 g/mol. The van der Waals surface area contributed by atoms with Crippen molar-refractivity contribution in [3.05, 3.63) is 59.7 Å². The second kappa shape index (κ2) is 11.7. The molecule has 3 rings (SSSR count). The molecule has 0 radical (unpaired) electrons. The molecule has 0 bridgehead atoms. The van der Waals surface area contributed by atoms with Gasteiger partial charge in [0.25, 0.3) is 5.91 Å². The molecule has 1 heterocycles. The van der Waals surface area contributed by atoms with Crippen LogP contribution in [0.2, 0.25) is 0 Å². The van der Waals surface area contributed by atoms with Crippen LogP contribution in [0, 0.1) is 0 Å². The molecule has 2 N–H and O–H groups in total. The van der Waals surface area contributed by atoms with E-state index < -0.39 is 0 Å². The van der Waals surface area contributed by atoms with Crippen LogP contribution in [0.3, 0.4) is 0 Å². The summed E-state index contributed by atoms with van der Waals surface area (Å²) in [6.07, 6.45) is 5.99. The minimum atomic E-state index is -0.254. The Bertz CT molecular complexity index is 833. The van der Waals surface area contributed by atoms with Crippen LogP contribution in [0.25, 0.3) is 0 Å². The van der Waals surface area contributed by atoms with Crippen molar-refractivity contribution in [2.75, 3.05) is 25.0 Å². The number of piperidine rings is 1. The van der Waals surface area contributed by atoms with Gasteiger partial charge in [-0.15, -0.1) is 0 Å². The maximum Gasteiger partial charge on any atom is 0.257 e. The van der Waals surface area contributed by atoms with Gasteiger partial charge in [-0.1, -0.05) is 38.0 Å². The number of carbonyl (C=O) groups is 1. The van der Waals surface area contributed by atoms with E-state index in [2.05, 4.69) is 34.6 Å². The van der Waals surface area contributed by atoms with Gasteiger partial charge in [-0.05, 0) is 80.5 Å². The van der Waals surface area contributed by atoms with E-state index in [0.29, 0.717) is 17.9 Å². The van der Waals surface area contributed by atoms with E-state index in [-0.39, 0.29) is 11.0 Å². The first-order chi connectivity index (χ1) is 14.6. The topological polar surface area (TPSA) is 53.6 Å². The predicted molar refractivity (Wildman–Crippen MR) is 126 cm³/mol. The average Bonchev–Trinajstić information content (AvgIpc) is 2.76. The molecule has 0 saturated carbocycles. The number of ether oxygens (including phenoxy) is 1. The second-order valence-electron chi connectivity index (χ2n) is 7.67. The highest BCUT2D eigenvalue weighted by molar-refractivity contribution is 7.80. The minimum absolute atomic E-state index is 0.254. The van der Waals surface area contributed by atoms with Crippen molar-refractivity contribution < 1.29 is 9.53 Å². The summed E-state index contributed by atoms with van der Waals surface area (Å²) in [6.45, 7) is 6.11. The van der Waals surface area contributed by atoms with E-state index in [0.717, 1.165) is 25.1 Å². The third-order valence-electron chi connectivity index (χ3n) is 5.16. The Labute approximate surface area is 184 Å². The van der Waals surface area contributed by atoms with Gasteiger partial charge in [0, 0.05) is 17.8 Å². The van der Waals surface area contributed by atoms with Crippen LogP contribution in [0.1, 0.15) is 54.9 Å². The predicted octanol–water partition coefficient (Wildman–Crippen LogP) is 4.98. The Morgan fingerprint density at radius 3 is 2.60 bits per heavy atom. The highest BCUT2D eigenvalue weighted by atomic mass is 32.1. The molecule has 30 heavy (non-hydrogen) atoms. The van der Waals surface area contributed by atoms with Gasteiger partial charge in [0.2, 0.25) is 0 Å². The van der Waals surface area contributed by atoms with Gasteiger partial charge in [-0.25, -0.2) is 0 Å². The molecule has 2 aromatic carbocycles. The molecule has 0 unspecified atom stereocenters. The minimum Gasteiger partial charge on any atom is -0.494 e. The molecule has 5 nitrogen and oxygen atoms in total. The van der Waals surface area contributed by atoms with Crippen LogP contribution in [0.4, 0.5) is 5.69 Å². The lowest BCUT2D eigenvalue weighted by Crippen LogP contribution is -2.34. The van der Waals surface area contributed by atoms with Crippen molar-refractivity contribution in [2.45, 2.75) is 45.6 Å². The fraction of sp³-hybridized carbons (Fsp3) is 0.417. The van der Waals surface area contributed by atoms with Gasteiger partial charge < -0.3 is 10.1 Å². The van der Waals surface area contributed by atoms with E-state index in [1.165, 1.54) is 37.9 Å². The van der Waals surface area contributed by atoms with E-state index >= 15 is 0 Å². The SMILES string of the molecule is CCCCOc1cccc(C(=O)NC(=S)Nc2ccc(CN3CCCCC3)cc2)c1. The van der Waals surface area contributed by atoms with Crippen LogP contribution in [-0.4, -0.2) is 35.6 Å². The maximum atomic E-state index is 12.5. The van der Waals surface area contributed by atoms with Crippen LogP contribution in [-0.2, 0) is 6.54 Å². The smallest absolute Gasteiger partial charge is 0.257 e. The fourth-order valence-electron chi connectivity index (χ4n) is 3.47. The number of likely N-dealkylation sites (tertiary alicyclic amines) is 1. The third kappa shape index (κ3) is 7.11. The van der Waals surface area contributed by atoms with Crippen LogP contribution in [0.15, 0.2) is 48.5 Å². The number of amides is 1. The van der Waals surface area contributed by atoms with Crippen LogP contribution in [0.5, 0.6) is 5.75 Å². The molecule has 1 saturated heterocycles. The zero-order valence-electron chi connectivity index (χ0n) is 17.7. The molecule has 0 atom stereocenters. The molecule has 0 aromatic heterocycles. The number of unbranched alkanes of at least 4 members (excludes halogenated alkanes) is 1. The number of nitrogens with zero attached hydrogens (tertiary/aromatic N) is 1. The first-order valence-corrected chi connectivity index (χ1v) is 11.2. The molecule has 1 fully saturated rings. The molecular weight excluding hydrogens is 394 g/mol. The summed E-state index contributed by atoms with van der Waals surface area (Å²) < 4.78 is 5.67. The number of benzene rings is 2. The Morgan fingerprint density at radius 1 is 1.10 bits per heavy atom. The van der Waals surface area contributed by atoms with Gasteiger partial charge >= 0.3 is 0 Å². The highest BCUT2D eigenvalue weighted by Gasteiger charge is 2.11. The number of rotatable bonds is 8. The number of hydrogen-bond acceptors (Lipinski definition) is 4. The molecule has 160 valence electrons. The molecule has 6 heteroatoms. The first-order valence-electron chi connectivity index (χ1n) is 10.8. The molecule has 2 aromatic rings. The second-order valence-corrected chi connectivity index (χ2v) is 8.08. The number of thiocarbonyl (C=S) groups is 1. The third-order valence-corrected chi connectivity index (χ3v) is 5.36. The standard InChI is InChI=1S/C24H31N3O2S/c1-2-3-16-29-22-9-7-8-20(17-22)23(28)26-24(30)25-21-12-10-19(11-13-21)18-27-14-5-4-6-15-27/h7-13,17H,2-6,14-16,18H2,1H3,(H2,25,26,28,30). The van der Waals surface area contributed by atoms with Crippen LogP contribution < -0.4 is 15.4 Å². The van der Waals surface area contributed by atoms with Crippen molar-refractivity contribution >= 4 is 28.9 Å². The van der Waals surface area contributed by atoms with E-state index in [1.54, 1.807) is 12.1 Å².